The second kappa shape index (κ2) is 3.44. The van der Waals surface area contributed by atoms with Crippen molar-refractivity contribution in [2.45, 2.75) is 17.7 Å². The number of hydrogen-bond acceptors (Lipinski definition) is 2. The number of methoxy groups -OCH3 is 1. The van der Waals surface area contributed by atoms with Crippen molar-refractivity contribution >= 4 is 21.9 Å². The molecular formula is C9H11BrO2. The first-order valence-corrected chi connectivity index (χ1v) is 4.51. The van der Waals surface area contributed by atoms with Gasteiger partial charge in [-0.25, -0.2) is 0 Å². The van der Waals surface area contributed by atoms with Gasteiger partial charge in [0.15, 0.2) is 0 Å². The molecular weight excluding hydrogens is 220 g/mol. The number of carbonyl (C=O) groups excluding carboxylic acids is 1. The zero-order valence-electron chi connectivity index (χ0n) is 7.13. The molecule has 0 spiro atoms. The van der Waals surface area contributed by atoms with E-state index in [2.05, 4.69) is 20.7 Å². The van der Waals surface area contributed by atoms with E-state index in [0.29, 0.717) is 6.42 Å². The van der Waals surface area contributed by atoms with Crippen molar-refractivity contribution in [3.05, 3.63) is 23.8 Å². The Morgan fingerprint density at radius 2 is 2.42 bits per heavy atom. The van der Waals surface area contributed by atoms with E-state index in [0.717, 1.165) is 0 Å². The second-order valence-corrected chi connectivity index (χ2v) is 4.25. The van der Waals surface area contributed by atoms with Crippen molar-refractivity contribution in [1.29, 1.82) is 0 Å². The summed E-state index contributed by atoms with van der Waals surface area (Å²) in [5.74, 6) is -0.248. The summed E-state index contributed by atoms with van der Waals surface area (Å²) in [5, 5.41) is 0. The van der Waals surface area contributed by atoms with Crippen LogP contribution < -0.4 is 0 Å². The molecule has 1 atom stereocenters. The van der Waals surface area contributed by atoms with E-state index < -0.39 is 4.32 Å². The summed E-state index contributed by atoms with van der Waals surface area (Å²) < 4.78 is 4.02. The van der Waals surface area contributed by atoms with Crippen molar-refractivity contribution in [3.63, 3.8) is 0 Å². The Bertz CT molecular complexity index is 255. The van der Waals surface area contributed by atoms with Gasteiger partial charge < -0.3 is 4.74 Å². The Morgan fingerprint density at radius 1 is 1.75 bits per heavy atom. The molecule has 0 fully saturated rings. The molecule has 0 heterocycles. The standard InChI is InChI=1S/C9H11BrO2/c1-7-3-5-9(10,6-4-7)8(11)12-2/h3-5H,6H2,1-2H3. The highest BCUT2D eigenvalue weighted by Gasteiger charge is 2.34. The quantitative estimate of drug-likeness (QED) is 0.510. The van der Waals surface area contributed by atoms with Crippen LogP contribution >= 0.6 is 15.9 Å². The Morgan fingerprint density at radius 3 is 2.83 bits per heavy atom. The third kappa shape index (κ3) is 1.78. The molecule has 1 aliphatic rings. The first-order valence-electron chi connectivity index (χ1n) is 3.72. The molecule has 0 aromatic carbocycles. The third-order valence-electron chi connectivity index (χ3n) is 1.86. The highest BCUT2D eigenvalue weighted by atomic mass is 79.9. The van der Waals surface area contributed by atoms with Gasteiger partial charge in [-0.3, -0.25) is 4.79 Å². The Kier molecular flexibility index (Phi) is 2.73. The lowest BCUT2D eigenvalue weighted by atomic mass is 9.97. The van der Waals surface area contributed by atoms with Crippen LogP contribution in [0, 0.1) is 0 Å². The van der Waals surface area contributed by atoms with Crippen LogP contribution in [0.4, 0.5) is 0 Å². The minimum atomic E-state index is -0.638. The summed E-state index contributed by atoms with van der Waals surface area (Å²) in [6, 6.07) is 0. The summed E-state index contributed by atoms with van der Waals surface area (Å²) in [6.07, 6.45) is 6.40. The first-order chi connectivity index (χ1) is 5.58. The number of carbonyl (C=O) groups is 1. The smallest absolute Gasteiger partial charge is 0.326 e. The molecule has 0 aromatic heterocycles. The molecule has 0 bridgehead atoms. The minimum absolute atomic E-state index is 0.248. The minimum Gasteiger partial charge on any atom is -0.468 e. The van der Waals surface area contributed by atoms with Gasteiger partial charge in [-0.2, -0.15) is 0 Å². The predicted octanol–water partition coefficient (Wildman–Crippen LogP) is 2.20. The van der Waals surface area contributed by atoms with Crippen LogP contribution in [0.3, 0.4) is 0 Å². The normalized spacial score (nSPS) is 28.1. The average Bonchev–Trinajstić information content (AvgIpc) is 2.09. The zero-order chi connectivity index (χ0) is 9.19. The van der Waals surface area contributed by atoms with E-state index in [1.54, 1.807) is 0 Å². The number of hydrogen-bond donors (Lipinski definition) is 0. The summed E-state index contributed by atoms with van der Waals surface area (Å²) in [7, 11) is 1.39. The van der Waals surface area contributed by atoms with Crippen molar-refractivity contribution in [2.75, 3.05) is 7.11 Å². The lowest BCUT2D eigenvalue weighted by Gasteiger charge is -2.21. The monoisotopic (exact) mass is 230 g/mol. The predicted molar refractivity (Wildman–Crippen MR) is 51.2 cm³/mol. The number of ether oxygens (including phenoxy) is 1. The maximum absolute atomic E-state index is 11.2. The van der Waals surface area contributed by atoms with Crippen LogP contribution in [-0.2, 0) is 9.53 Å². The molecule has 2 nitrogen and oxygen atoms in total. The van der Waals surface area contributed by atoms with Gasteiger partial charge in [-0.1, -0.05) is 39.7 Å². The molecule has 0 aliphatic heterocycles. The van der Waals surface area contributed by atoms with Crippen LogP contribution in [0.25, 0.3) is 0 Å². The van der Waals surface area contributed by atoms with E-state index in [4.69, 9.17) is 0 Å². The number of halogens is 1. The van der Waals surface area contributed by atoms with E-state index in [1.165, 1.54) is 12.7 Å². The maximum atomic E-state index is 11.2. The van der Waals surface area contributed by atoms with E-state index in [1.807, 2.05) is 25.2 Å². The Labute approximate surface area is 80.4 Å². The molecule has 12 heavy (non-hydrogen) atoms. The highest BCUT2D eigenvalue weighted by molar-refractivity contribution is 9.10. The summed E-state index contributed by atoms with van der Waals surface area (Å²) >= 11 is 3.34. The number of rotatable bonds is 1. The van der Waals surface area contributed by atoms with Crippen LogP contribution in [-0.4, -0.2) is 17.4 Å². The number of alkyl halides is 1. The maximum Gasteiger partial charge on any atom is 0.326 e. The fraction of sp³-hybridized carbons (Fsp3) is 0.444. The van der Waals surface area contributed by atoms with Crippen LogP contribution in [0.15, 0.2) is 23.8 Å². The summed E-state index contributed by atoms with van der Waals surface area (Å²) in [6.45, 7) is 2.00. The molecule has 1 rings (SSSR count). The van der Waals surface area contributed by atoms with Crippen molar-refractivity contribution in [3.8, 4) is 0 Å². The van der Waals surface area contributed by atoms with Crippen LogP contribution in [0.5, 0.6) is 0 Å². The topological polar surface area (TPSA) is 26.3 Å². The molecule has 0 saturated carbocycles. The molecule has 1 unspecified atom stereocenters. The lowest BCUT2D eigenvalue weighted by molar-refractivity contribution is -0.141. The van der Waals surface area contributed by atoms with E-state index in [9.17, 15) is 4.79 Å². The Hall–Kier alpha value is -0.570. The molecule has 3 heteroatoms. The molecule has 66 valence electrons. The van der Waals surface area contributed by atoms with E-state index >= 15 is 0 Å². The third-order valence-corrected chi connectivity index (χ3v) is 2.77. The van der Waals surface area contributed by atoms with E-state index in [-0.39, 0.29) is 5.97 Å². The van der Waals surface area contributed by atoms with Crippen molar-refractivity contribution in [2.24, 2.45) is 0 Å². The number of allylic oxidation sites excluding steroid dienone is 3. The summed E-state index contributed by atoms with van der Waals surface area (Å²) in [4.78, 5) is 11.2. The van der Waals surface area contributed by atoms with Crippen LogP contribution in [0.1, 0.15) is 13.3 Å². The highest BCUT2D eigenvalue weighted by Crippen LogP contribution is 2.30. The molecule has 0 amide bonds. The van der Waals surface area contributed by atoms with Gasteiger partial charge in [0, 0.05) is 0 Å². The van der Waals surface area contributed by atoms with Crippen molar-refractivity contribution < 1.29 is 9.53 Å². The zero-order valence-corrected chi connectivity index (χ0v) is 8.72. The molecule has 0 N–H and O–H groups in total. The van der Waals surface area contributed by atoms with Gasteiger partial charge in [0.2, 0.25) is 0 Å². The van der Waals surface area contributed by atoms with Crippen LogP contribution in [0.2, 0.25) is 0 Å². The molecule has 0 saturated heterocycles. The Balaban J connectivity index is 2.78. The van der Waals surface area contributed by atoms with Gasteiger partial charge >= 0.3 is 5.97 Å². The SMILES string of the molecule is COC(=O)C1(Br)C=CC(C)=CC1. The summed E-state index contributed by atoms with van der Waals surface area (Å²) in [5.41, 5.74) is 1.17. The fourth-order valence-electron chi connectivity index (χ4n) is 1.03. The molecule has 0 aromatic rings. The van der Waals surface area contributed by atoms with Gasteiger partial charge in [0.1, 0.15) is 4.32 Å². The lowest BCUT2D eigenvalue weighted by Crippen LogP contribution is -2.31. The second-order valence-electron chi connectivity index (χ2n) is 2.84. The first kappa shape index (κ1) is 9.52. The number of esters is 1. The molecule has 0 radical (unpaired) electrons. The largest absolute Gasteiger partial charge is 0.468 e. The molecule has 1 aliphatic carbocycles. The fourth-order valence-corrected chi connectivity index (χ4v) is 1.49. The average molecular weight is 231 g/mol. The van der Waals surface area contributed by atoms with Gasteiger partial charge in [0.25, 0.3) is 0 Å². The van der Waals surface area contributed by atoms with Gasteiger partial charge in [-0.05, 0) is 13.3 Å². The van der Waals surface area contributed by atoms with Crippen molar-refractivity contribution in [1.82, 2.24) is 0 Å². The van der Waals surface area contributed by atoms with Gasteiger partial charge in [-0.15, -0.1) is 0 Å². The van der Waals surface area contributed by atoms with Gasteiger partial charge in [0.05, 0.1) is 7.11 Å².